The van der Waals surface area contributed by atoms with Gasteiger partial charge in [-0.15, -0.1) is 11.3 Å². The lowest BCUT2D eigenvalue weighted by molar-refractivity contribution is 1.06. The van der Waals surface area contributed by atoms with Gasteiger partial charge in [0.05, 0.1) is 5.39 Å². The third-order valence-corrected chi connectivity index (χ3v) is 4.62. The zero-order chi connectivity index (χ0) is 12.7. The summed E-state index contributed by atoms with van der Waals surface area (Å²) in [6.45, 7) is 2.00. The van der Waals surface area contributed by atoms with Crippen molar-refractivity contribution in [2.75, 3.05) is 0 Å². The molecule has 2 N–H and O–H groups in total. The Morgan fingerprint density at radius 3 is 2.94 bits per heavy atom. The van der Waals surface area contributed by atoms with Crippen LogP contribution in [-0.4, -0.2) is 9.97 Å². The summed E-state index contributed by atoms with van der Waals surface area (Å²) in [5, 5.41) is 0.735. The van der Waals surface area contributed by atoms with E-state index in [1.807, 2.05) is 6.92 Å². The van der Waals surface area contributed by atoms with E-state index in [2.05, 4.69) is 28.2 Å². The van der Waals surface area contributed by atoms with E-state index in [0.717, 1.165) is 28.6 Å². The van der Waals surface area contributed by atoms with Gasteiger partial charge >= 0.3 is 0 Å². The van der Waals surface area contributed by atoms with Crippen molar-refractivity contribution in [1.29, 1.82) is 0 Å². The van der Waals surface area contributed by atoms with E-state index in [-0.39, 0.29) is 5.56 Å². The molecule has 18 heavy (non-hydrogen) atoms. The smallest absolute Gasteiger partial charge is 0.260 e. The van der Waals surface area contributed by atoms with Gasteiger partial charge in [-0.2, -0.15) is 0 Å². The predicted molar refractivity (Wildman–Crippen MR) is 78.7 cm³/mol. The molecule has 3 rings (SSSR count). The van der Waals surface area contributed by atoms with Gasteiger partial charge in [-0.3, -0.25) is 9.78 Å². The van der Waals surface area contributed by atoms with Gasteiger partial charge in [-0.05, 0) is 43.1 Å². The highest BCUT2D eigenvalue weighted by Crippen LogP contribution is 2.35. The zero-order valence-electron chi connectivity index (χ0n) is 9.87. The third kappa shape index (κ3) is 1.79. The molecule has 2 heterocycles. The van der Waals surface area contributed by atoms with Gasteiger partial charge in [-0.1, -0.05) is 18.2 Å². The van der Waals surface area contributed by atoms with Crippen LogP contribution in [0.5, 0.6) is 0 Å². The van der Waals surface area contributed by atoms with Gasteiger partial charge in [-0.25, -0.2) is 0 Å². The maximum absolute atomic E-state index is 11.9. The summed E-state index contributed by atoms with van der Waals surface area (Å²) in [6, 6.07) is 0. The molecule has 1 aliphatic rings. The van der Waals surface area contributed by atoms with Gasteiger partial charge < -0.3 is 4.98 Å². The largest absolute Gasteiger partial charge is 0.323 e. The number of aryl methyl sites for hydroxylation is 1. The van der Waals surface area contributed by atoms with E-state index < -0.39 is 0 Å². The van der Waals surface area contributed by atoms with Crippen LogP contribution in [0.4, 0.5) is 0 Å². The monoisotopic (exact) mass is 276 g/mol. The number of aromatic nitrogens is 2. The van der Waals surface area contributed by atoms with Crippen LogP contribution in [0.25, 0.3) is 15.8 Å². The molecule has 92 valence electrons. The highest BCUT2D eigenvalue weighted by atomic mass is 32.1. The molecule has 0 atom stereocenters. The maximum Gasteiger partial charge on any atom is 0.260 e. The molecule has 5 heteroatoms. The normalized spacial score (nSPS) is 15.1. The summed E-state index contributed by atoms with van der Waals surface area (Å²) < 4.78 is 0.387. The van der Waals surface area contributed by atoms with Gasteiger partial charge in [0.2, 0.25) is 0 Å². The van der Waals surface area contributed by atoms with Crippen LogP contribution in [0, 0.1) is 11.7 Å². The quantitative estimate of drug-likeness (QED) is 0.780. The van der Waals surface area contributed by atoms with Crippen LogP contribution in [0.2, 0.25) is 0 Å². The number of rotatable bonds is 1. The van der Waals surface area contributed by atoms with Crippen molar-refractivity contribution in [1.82, 2.24) is 9.97 Å². The topological polar surface area (TPSA) is 48.6 Å². The molecule has 0 radical (unpaired) electrons. The van der Waals surface area contributed by atoms with Crippen LogP contribution in [0.15, 0.2) is 23.0 Å². The van der Waals surface area contributed by atoms with E-state index in [9.17, 15) is 4.79 Å². The maximum atomic E-state index is 11.9. The second kappa shape index (κ2) is 4.33. The summed E-state index contributed by atoms with van der Waals surface area (Å²) in [5.74, 6) is 0. The molecule has 0 unspecified atom stereocenters. The minimum absolute atomic E-state index is 0.0966. The van der Waals surface area contributed by atoms with Crippen LogP contribution < -0.4 is 5.56 Å². The fraction of sp³-hybridized carbons (Fsp3) is 0.231. The average molecular weight is 276 g/mol. The molecule has 0 aromatic carbocycles. The van der Waals surface area contributed by atoms with E-state index in [0.29, 0.717) is 4.77 Å². The van der Waals surface area contributed by atoms with Crippen molar-refractivity contribution in [2.45, 2.75) is 19.8 Å². The van der Waals surface area contributed by atoms with E-state index in [4.69, 9.17) is 12.2 Å². The first-order valence-corrected chi connectivity index (χ1v) is 7.01. The molecule has 1 aliphatic carbocycles. The Bertz CT molecular complexity index is 789. The number of thiophene rings is 1. The van der Waals surface area contributed by atoms with Crippen molar-refractivity contribution >= 4 is 39.3 Å². The molecule has 0 aliphatic heterocycles. The number of nitrogens with one attached hydrogen (secondary N) is 2. The number of hydrogen-bond donors (Lipinski definition) is 2. The van der Waals surface area contributed by atoms with Crippen molar-refractivity contribution in [3.8, 4) is 0 Å². The van der Waals surface area contributed by atoms with Gasteiger partial charge in [0, 0.05) is 4.88 Å². The van der Waals surface area contributed by atoms with Crippen LogP contribution in [0.3, 0.4) is 0 Å². The van der Waals surface area contributed by atoms with Crippen LogP contribution in [0.1, 0.15) is 23.3 Å². The molecule has 3 nitrogen and oxygen atoms in total. The summed E-state index contributed by atoms with van der Waals surface area (Å²) in [5.41, 5.74) is 2.25. The molecular formula is C13H12N2OS2. The first-order chi connectivity index (χ1) is 8.66. The lowest BCUT2D eigenvalue weighted by atomic mass is 10.0. The predicted octanol–water partition coefficient (Wildman–Crippen LogP) is 3.69. The molecule has 2 aromatic rings. The SMILES string of the molecule is Cc1c(C2=CC=CCC2)sc2[nH]c(=S)[nH]c(=O)c12. The molecule has 0 amide bonds. The van der Waals surface area contributed by atoms with Gasteiger partial charge in [0.1, 0.15) is 4.83 Å². The highest BCUT2D eigenvalue weighted by molar-refractivity contribution is 7.71. The molecule has 0 bridgehead atoms. The molecule has 0 spiro atoms. The van der Waals surface area contributed by atoms with Crippen molar-refractivity contribution in [2.24, 2.45) is 0 Å². The average Bonchev–Trinajstić information content (AvgIpc) is 2.67. The zero-order valence-corrected chi connectivity index (χ0v) is 11.5. The fourth-order valence-electron chi connectivity index (χ4n) is 2.27. The fourth-order valence-corrected chi connectivity index (χ4v) is 3.79. The number of aromatic amines is 2. The van der Waals surface area contributed by atoms with Crippen molar-refractivity contribution in [3.05, 3.63) is 43.8 Å². The number of fused-ring (bicyclic) bond motifs is 1. The van der Waals surface area contributed by atoms with Gasteiger partial charge in [0.25, 0.3) is 5.56 Å². The number of hydrogen-bond acceptors (Lipinski definition) is 3. The number of allylic oxidation sites excluding steroid dienone is 4. The molecular weight excluding hydrogens is 264 g/mol. The summed E-state index contributed by atoms with van der Waals surface area (Å²) in [7, 11) is 0. The third-order valence-electron chi connectivity index (χ3n) is 3.13. The Hall–Kier alpha value is -1.46. The van der Waals surface area contributed by atoms with E-state index >= 15 is 0 Å². The standard InChI is InChI=1S/C13H12N2OS2/c1-7-9-11(16)14-13(17)15-12(9)18-10(7)8-5-3-2-4-6-8/h2-3,5H,4,6H2,1H3,(H2,14,15,16,17). The minimum Gasteiger partial charge on any atom is -0.323 e. The number of H-pyrrole nitrogens is 2. The highest BCUT2D eigenvalue weighted by Gasteiger charge is 2.15. The summed E-state index contributed by atoms with van der Waals surface area (Å²) in [6.07, 6.45) is 8.46. The Balaban J connectivity index is 2.32. The molecule has 2 aromatic heterocycles. The Labute approximate surface area is 113 Å². The minimum atomic E-state index is -0.0966. The summed E-state index contributed by atoms with van der Waals surface area (Å²) in [4.78, 5) is 19.7. The summed E-state index contributed by atoms with van der Waals surface area (Å²) >= 11 is 6.62. The molecule has 0 saturated heterocycles. The second-order valence-electron chi connectivity index (χ2n) is 4.33. The van der Waals surface area contributed by atoms with Crippen LogP contribution in [-0.2, 0) is 0 Å². The first kappa shape index (κ1) is 11.6. The second-order valence-corrected chi connectivity index (χ2v) is 5.76. The van der Waals surface area contributed by atoms with Crippen molar-refractivity contribution in [3.63, 3.8) is 0 Å². The lowest BCUT2D eigenvalue weighted by Gasteiger charge is -2.07. The lowest BCUT2D eigenvalue weighted by Crippen LogP contribution is -2.07. The van der Waals surface area contributed by atoms with E-state index in [1.165, 1.54) is 10.5 Å². The Morgan fingerprint density at radius 2 is 2.22 bits per heavy atom. The van der Waals surface area contributed by atoms with Crippen molar-refractivity contribution < 1.29 is 0 Å². The Morgan fingerprint density at radius 1 is 1.39 bits per heavy atom. The molecule has 0 fully saturated rings. The molecule has 0 saturated carbocycles. The van der Waals surface area contributed by atoms with Gasteiger partial charge in [0.15, 0.2) is 4.77 Å². The van der Waals surface area contributed by atoms with E-state index in [1.54, 1.807) is 11.3 Å². The first-order valence-electron chi connectivity index (χ1n) is 5.78. The Kier molecular flexibility index (Phi) is 2.80. The van der Waals surface area contributed by atoms with Crippen LogP contribution >= 0.6 is 23.6 Å².